The number of aromatic amines is 1. The number of rotatable bonds is 8. The predicted octanol–water partition coefficient (Wildman–Crippen LogP) is 3.63. The first kappa shape index (κ1) is 24.8. The monoisotopic (exact) mass is 477 g/mol. The van der Waals surface area contributed by atoms with Crippen molar-refractivity contribution in [2.24, 2.45) is 0 Å². The van der Waals surface area contributed by atoms with Gasteiger partial charge in [0.1, 0.15) is 16.3 Å². The summed E-state index contributed by atoms with van der Waals surface area (Å²) in [5.74, 6) is -0.743. The number of carbonyl (C=O) groups excluding carboxylic acids is 2. The van der Waals surface area contributed by atoms with Gasteiger partial charge in [-0.05, 0) is 64.3 Å². The number of benzene rings is 1. The van der Waals surface area contributed by atoms with Crippen molar-refractivity contribution in [3.05, 3.63) is 40.7 Å². The number of carbonyl (C=O) groups is 2. The summed E-state index contributed by atoms with van der Waals surface area (Å²) in [4.78, 5) is 28.2. The molecule has 1 fully saturated rings. The highest BCUT2D eigenvalue weighted by atomic mass is 32.2. The minimum absolute atomic E-state index is 0.0238. The Labute approximate surface area is 194 Å². The molecule has 0 saturated carbocycles. The summed E-state index contributed by atoms with van der Waals surface area (Å²) in [6.07, 6.45) is 2.63. The highest BCUT2D eigenvalue weighted by Gasteiger charge is 2.30. The average Bonchev–Trinajstić information content (AvgIpc) is 3.09. The van der Waals surface area contributed by atoms with Crippen LogP contribution in [0.5, 0.6) is 5.75 Å². The number of sulfonamides is 1. The van der Waals surface area contributed by atoms with Gasteiger partial charge >= 0.3 is 5.97 Å². The zero-order chi connectivity index (χ0) is 24.2. The fourth-order valence-electron chi connectivity index (χ4n) is 3.99. The van der Waals surface area contributed by atoms with Crippen molar-refractivity contribution in [1.82, 2.24) is 9.29 Å². The molecule has 1 saturated heterocycles. The molecule has 2 heterocycles. The number of aromatic nitrogens is 1. The first-order valence-electron chi connectivity index (χ1n) is 11.1. The number of nitrogens with zero attached hydrogens (tertiary/aromatic N) is 1. The topological polar surface area (TPSA) is 118 Å². The number of piperidine rings is 1. The van der Waals surface area contributed by atoms with E-state index in [-0.39, 0.29) is 22.9 Å². The highest BCUT2D eigenvalue weighted by molar-refractivity contribution is 7.89. The summed E-state index contributed by atoms with van der Waals surface area (Å²) >= 11 is 0. The van der Waals surface area contributed by atoms with Crippen LogP contribution in [-0.4, -0.2) is 55.9 Å². The Balaban J connectivity index is 1.92. The lowest BCUT2D eigenvalue weighted by molar-refractivity contribution is 0.0525. The van der Waals surface area contributed by atoms with Crippen molar-refractivity contribution in [3.8, 4) is 5.75 Å². The normalized spacial score (nSPS) is 14.7. The van der Waals surface area contributed by atoms with Crippen LogP contribution >= 0.6 is 0 Å². The maximum atomic E-state index is 13.3. The lowest BCUT2D eigenvalue weighted by Gasteiger charge is -2.27. The Morgan fingerprint density at radius 3 is 2.42 bits per heavy atom. The molecule has 9 nitrogen and oxygen atoms in total. The quantitative estimate of drug-likeness (QED) is 0.561. The maximum absolute atomic E-state index is 13.3. The van der Waals surface area contributed by atoms with Crippen molar-refractivity contribution in [1.29, 1.82) is 0 Å². The van der Waals surface area contributed by atoms with E-state index in [1.165, 1.54) is 10.4 Å². The summed E-state index contributed by atoms with van der Waals surface area (Å²) in [6, 6.07) is 4.56. The van der Waals surface area contributed by atoms with Crippen LogP contribution < -0.4 is 10.1 Å². The molecule has 0 aliphatic carbocycles. The molecule has 3 rings (SSSR count). The molecule has 0 radical (unpaired) electrons. The zero-order valence-electron chi connectivity index (χ0n) is 19.5. The average molecular weight is 478 g/mol. The fraction of sp³-hybridized carbons (Fsp3) is 0.478. The van der Waals surface area contributed by atoms with E-state index in [1.807, 2.05) is 0 Å². The van der Waals surface area contributed by atoms with E-state index in [0.717, 1.165) is 19.3 Å². The van der Waals surface area contributed by atoms with Crippen molar-refractivity contribution >= 4 is 27.6 Å². The summed E-state index contributed by atoms with van der Waals surface area (Å²) in [5.41, 5.74) is 1.84. The maximum Gasteiger partial charge on any atom is 0.340 e. The molecule has 0 unspecified atom stereocenters. The lowest BCUT2D eigenvalue weighted by atomic mass is 10.1. The standard InChI is InChI=1S/C23H31N3O6S/c1-5-31-18-11-10-17(14-19(18)33(29,30)26-12-8-7-9-13-26)25-22(27)21-15(3)20(16(4)24-21)23(28)32-6-2/h10-11,14,24H,5-9,12-13H2,1-4H3,(H,25,27). The van der Waals surface area contributed by atoms with Crippen molar-refractivity contribution in [2.45, 2.75) is 51.9 Å². The Morgan fingerprint density at radius 2 is 1.79 bits per heavy atom. The van der Waals surface area contributed by atoms with E-state index < -0.39 is 21.9 Å². The molecule has 1 aromatic heterocycles. The largest absolute Gasteiger partial charge is 0.492 e. The molecule has 33 heavy (non-hydrogen) atoms. The second kappa shape index (κ2) is 10.4. The molecule has 180 valence electrons. The molecular weight excluding hydrogens is 446 g/mol. The van der Waals surface area contributed by atoms with Crippen molar-refractivity contribution in [3.63, 3.8) is 0 Å². The van der Waals surface area contributed by atoms with Gasteiger partial charge in [-0.2, -0.15) is 4.31 Å². The van der Waals surface area contributed by atoms with E-state index >= 15 is 0 Å². The van der Waals surface area contributed by atoms with Gasteiger partial charge in [-0.3, -0.25) is 4.79 Å². The van der Waals surface area contributed by atoms with Crippen LogP contribution in [0.3, 0.4) is 0 Å². The van der Waals surface area contributed by atoms with Gasteiger partial charge < -0.3 is 19.8 Å². The highest BCUT2D eigenvalue weighted by Crippen LogP contribution is 2.32. The lowest BCUT2D eigenvalue weighted by Crippen LogP contribution is -2.35. The number of aryl methyl sites for hydroxylation is 1. The van der Waals surface area contributed by atoms with Crippen LogP contribution in [0.2, 0.25) is 0 Å². The third-order valence-corrected chi connectivity index (χ3v) is 7.50. The summed E-state index contributed by atoms with van der Waals surface area (Å²) in [7, 11) is -3.78. The summed E-state index contributed by atoms with van der Waals surface area (Å²) < 4.78 is 38.7. The minimum Gasteiger partial charge on any atom is -0.492 e. The first-order chi connectivity index (χ1) is 15.7. The number of anilines is 1. The molecule has 0 bridgehead atoms. The number of H-pyrrole nitrogens is 1. The second-order valence-corrected chi connectivity index (χ2v) is 9.77. The van der Waals surface area contributed by atoms with Crippen molar-refractivity contribution < 1.29 is 27.5 Å². The molecule has 1 aliphatic heterocycles. The van der Waals surface area contributed by atoms with Gasteiger partial charge in [-0.15, -0.1) is 0 Å². The number of esters is 1. The molecule has 10 heteroatoms. The molecule has 2 aromatic rings. The smallest absolute Gasteiger partial charge is 0.340 e. The fourth-order valence-corrected chi connectivity index (χ4v) is 5.66. The second-order valence-electron chi connectivity index (χ2n) is 7.86. The number of hydrogen-bond donors (Lipinski definition) is 2. The number of amides is 1. The summed E-state index contributed by atoms with van der Waals surface area (Å²) in [5, 5.41) is 2.73. The number of nitrogens with one attached hydrogen (secondary N) is 2. The van der Waals surface area contributed by atoms with Gasteiger partial charge in [-0.25, -0.2) is 13.2 Å². The number of hydrogen-bond acceptors (Lipinski definition) is 6. The molecule has 2 N–H and O–H groups in total. The third-order valence-electron chi connectivity index (χ3n) is 5.58. The van der Waals surface area contributed by atoms with Crippen LogP contribution in [0.4, 0.5) is 5.69 Å². The van der Waals surface area contributed by atoms with Crippen LogP contribution in [0.15, 0.2) is 23.1 Å². The van der Waals surface area contributed by atoms with Gasteiger partial charge in [0, 0.05) is 24.5 Å². The van der Waals surface area contributed by atoms with Crippen molar-refractivity contribution in [2.75, 3.05) is 31.6 Å². The van der Waals surface area contributed by atoms with E-state index in [1.54, 1.807) is 39.8 Å². The molecule has 1 amide bonds. The van der Waals surface area contributed by atoms with Gasteiger partial charge in [-0.1, -0.05) is 6.42 Å². The Bertz CT molecular complexity index is 1130. The molecule has 0 atom stereocenters. The van der Waals surface area contributed by atoms with E-state index in [0.29, 0.717) is 42.2 Å². The van der Waals surface area contributed by atoms with Crippen LogP contribution in [-0.2, 0) is 14.8 Å². The SMILES string of the molecule is CCOC(=O)c1c(C)[nH]c(C(=O)Nc2ccc(OCC)c(S(=O)(=O)N3CCCCC3)c2)c1C. The van der Waals surface area contributed by atoms with Gasteiger partial charge in [0.05, 0.1) is 18.8 Å². The van der Waals surface area contributed by atoms with E-state index in [9.17, 15) is 18.0 Å². The Hall–Kier alpha value is -2.85. The minimum atomic E-state index is -3.78. The molecular formula is C23H31N3O6S. The van der Waals surface area contributed by atoms with Gasteiger partial charge in [0.2, 0.25) is 10.0 Å². The molecule has 0 spiro atoms. The van der Waals surface area contributed by atoms with E-state index in [4.69, 9.17) is 9.47 Å². The van der Waals surface area contributed by atoms with Gasteiger partial charge in [0.25, 0.3) is 5.91 Å². The van der Waals surface area contributed by atoms with Crippen LogP contribution in [0.25, 0.3) is 0 Å². The Kier molecular flexibility index (Phi) is 7.80. The third kappa shape index (κ3) is 5.22. The summed E-state index contributed by atoms with van der Waals surface area (Å²) in [6.45, 7) is 8.31. The van der Waals surface area contributed by atoms with Crippen LogP contribution in [0, 0.1) is 13.8 Å². The zero-order valence-corrected chi connectivity index (χ0v) is 20.3. The molecule has 1 aromatic carbocycles. The first-order valence-corrected chi connectivity index (χ1v) is 12.6. The Morgan fingerprint density at radius 1 is 1.09 bits per heavy atom. The van der Waals surface area contributed by atoms with E-state index in [2.05, 4.69) is 10.3 Å². The molecule has 1 aliphatic rings. The number of ether oxygens (including phenoxy) is 2. The predicted molar refractivity (Wildman–Crippen MR) is 124 cm³/mol. The van der Waals surface area contributed by atoms with Gasteiger partial charge in [0.15, 0.2) is 0 Å². The van der Waals surface area contributed by atoms with Crippen LogP contribution in [0.1, 0.15) is 65.2 Å².